The van der Waals surface area contributed by atoms with Crippen LogP contribution in [0.25, 0.3) is 0 Å². The summed E-state index contributed by atoms with van der Waals surface area (Å²) in [5, 5.41) is 7.68. The first-order valence-electron chi connectivity index (χ1n) is 4.92. The second kappa shape index (κ2) is 3.14. The van der Waals surface area contributed by atoms with Gasteiger partial charge in [-0.15, -0.1) is 0 Å². The zero-order chi connectivity index (χ0) is 9.42. The second-order valence-electron chi connectivity index (χ2n) is 3.95. The van der Waals surface area contributed by atoms with Gasteiger partial charge in [0, 0.05) is 24.3 Å². The van der Waals surface area contributed by atoms with Crippen molar-refractivity contribution in [3.05, 3.63) is 17.5 Å². The third-order valence-corrected chi connectivity index (χ3v) is 3.15. The van der Waals surface area contributed by atoms with E-state index < -0.39 is 0 Å². The predicted octanol–water partition coefficient (Wildman–Crippen LogP) is 1.26. The first-order chi connectivity index (χ1) is 6.24. The van der Waals surface area contributed by atoms with E-state index in [0.717, 1.165) is 5.92 Å². The number of nitrogens with zero attached hydrogens (tertiary/aromatic N) is 2. The monoisotopic (exact) mass is 179 g/mol. The second-order valence-corrected chi connectivity index (χ2v) is 3.95. The van der Waals surface area contributed by atoms with Gasteiger partial charge < -0.3 is 5.32 Å². The van der Waals surface area contributed by atoms with Gasteiger partial charge in [-0.2, -0.15) is 5.10 Å². The lowest BCUT2D eigenvalue weighted by Gasteiger charge is -2.28. The Morgan fingerprint density at radius 3 is 3.08 bits per heavy atom. The highest BCUT2D eigenvalue weighted by Gasteiger charge is 2.27. The molecule has 72 valence electrons. The van der Waals surface area contributed by atoms with Crippen LogP contribution in [0, 0.1) is 5.92 Å². The highest BCUT2D eigenvalue weighted by Crippen LogP contribution is 2.33. The molecule has 0 aromatic carbocycles. The Kier molecular flexibility index (Phi) is 2.12. The first-order valence-corrected chi connectivity index (χ1v) is 4.92. The Bertz CT molecular complexity index is 303. The lowest BCUT2D eigenvalue weighted by molar-refractivity contribution is 0.359. The average Bonchev–Trinajstić information content (AvgIpc) is 2.48. The zero-order valence-electron chi connectivity index (χ0n) is 8.54. The van der Waals surface area contributed by atoms with Crippen LogP contribution in [0.15, 0.2) is 6.20 Å². The molecule has 1 aliphatic carbocycles. The molecule has 1 aromatic heterocycles. The number of aryl methyl sites for hydroxylation is 1. The molecule has 1 heterocycles. The molecule has 2 atom stereocenters. The highest BCUT2D eigenvalue weighted by molar-refractivity contribution is 5.25. The van der Waals surface area contributed by atoms with Crippen molar-refractivity contribution < 1.29 is 0 Å². The SMILES string of the molecule is CNC1c2cnn(C)c2CCC1C. The van der Waals surface area contributed by atoms with Gasteiger partial charge in [0.15, 0.2) is 0 Å². The summed E-state index contributed by atoms with van der Waals surface area (Å²) in [6.45, 7) is 2.30. The normalized spacial score (nSPS) is 27.3. The van der Waals surface area contributed by atoms with Gasteiger partial charge in [-0.05, 0) is 25.8 Å². The maximum Gasteiger partial charge on any atom is 0.0540 e. The molecule has 3 nitrogen and oxygen atoms in total. The van der Waals surface area contributed by atoms with Gasteiger partial charge in [0.25, 0.3) is 0 Å². The Morgan fingerprint density at radius 1 is 1.62 bits per heavy atom. The van der Waals surface area contributed by atoms with Crippen LogP contribution < -0.4 is 5.32 Å². The van der Waals surface area contributed by atoms with Crippen molar-refractivity contribution >= 4 is 0 Å². The Labute approximate surface area is 79.1 Å². The molecule has 0 radical (unpaired) electrons. The predicted molar refractivity (Wildman–Crippen MR) is 52.5 cm³/mol. The number of fused-ring (bicyclic) bond motifs is 1. The van der Waals surface area contributed by atoms with Crippen molar-refractivity contribution in [1.29, 1.82) is 0 Å². The van der Waals surface area contributed by atoms with Gasteiger partial charge in [-0.3, -0.25) is 4.68 Å². The van der Waals surface area contributed by atoms with Gasteiger partial charge in [-0.1, -0.05) is 6.92 Å². The molecule has 2 rings (SSSR count). The average molecular weight is 179 g/mol. The van der Waals surface area contributed by atoms with Crippen LogP contribution in [0.1, 0.15) is 30.6 Å². The molecule has 0 saturated heterocycles. The number of hydrogen-bond donors (Lipinski definition) is 1. The van der Waals surface area contributed by atoms with Gasteiger partial charge in [-0.25, -0.2) is 0 Å². The fourth-order valence-corrected chi connectivity index (χ4v) is 2.32. The fourth-order valence-electron chi connectivity index (χ4n) is 2.32. The van der Waals surface area contributed by atoms with Crippen molar-refractivity contribution in [3.63, 3.8) is 0 Å². The van der Waals surface area contributed by atoms with Crippen LogP contribution in [0.2, 0.25) is 0 Å². The molecule has 1 aliphatic rings. The number of rotatable bonds is 1. The van der Waals surface area contributed by atoms with Crippen LogP contribution in [-0.4, -0.2) is 16.8 Å². The standard InChI is InChI=1S/C10H17N3/c1-7-4-5-9-8(10(7)11-2)6-12-13(9)3/h6-7,10-11H,4-5H2,1-3H3. The lowest BCUT2D eigenvalue weighted by atomic mass is 9.84. The number of hydrogen-bond acceptors (Lipinski definition) is 2. The lowest BCUT2D eigenvalue weighted by Crippen LogP contribution is -2.28. The molecule has 0 bridgehead atoms. The molecule has 0 aliphatic heterocycles. The molecule has 0 fully saturated rings. The van der Waals surface area contributed by atoms with Crippen LogP contribution >= 0.6 is 0 Å². The van der Waals surface area contributed by atoms with E-state index in [2.05, 4.69) is 17.3 Å². The van der Waals surface area contributed by atoms with Gasteiger partial charge in [0.2, 0.25) is 0 Å². The van der Waals surface area contributed by atoms with Gasteiger partial charge >= 0.3 is 0 Å². The minimum atomic E-state index is 0.498. The molecular weight excluding hydrogens is 162 g/mol. The summed E-state index contributed by atoms with van der Waals surface area (Å²) in [6.07, 6.45) is 4.44. The summed E-state index contributed by atoms with van der Waals surface area (Å²) in [5.74, 6) is 0.724. The topological polar surface area (TPSA) is 29.9 Å². The van der Waals surface area contributed by atoms with Crippen molar-refractivity contribution in [2.75, 3.05) is 7.05 Å². The summed E-state index contributed by atoms with van der Waals surface area (Å²) in [5.41, 5.74) is 2.79. The molecular formula is C10H17N3. The van der Waals surface area contributed by atoms with E-state index in [1.165, 1.54) is 24.1 Å². The quantitative estimate of drug-likeness (QED) is 0.703. The van der Waals surface area contributed by atoms with Crippen molar-refractivity contribution in [3.8, 4) is 0 Å². The summed E-state index contributed by atoms with van der Waals surface area (Å²) in [7, 11) is 4.06. The summed E-state index contributed by atoms with van der Waals surface area (Å²) in [4.78, 5) is 0. The van der Waals surface area contributed by atoms with Crippen molar-refractivity contribution in [1.82, 2.24) is 15.1 Å². The van der Waals surface area contributed by atoms with Crippen LogP contribution in [0.4, 0.5) is 0 Å². The summed E-state index contributed by atoms with van der Waals surface area (Å²) in [6, 6.07) is 0.498. The zero-order valence-corrected chi connectivity index (χ0v) is 8.54. The summed E-state index contributed by atoms with van der Waals surface area (Å²) >= 11 is 0. The van der Waals surface area contributed by atoms with E-state index in [0.29, 0.717) is 6.04 Å². The number of nitrogens with one attached hydrogen (secondary N) is 1. The molecule has 13 heavy (non-hydrogen) atoms. The Morgan fingerprint density at radius 2 is 2.38 bits per heavy atom. The molecule has 0 amide bonds. The largest absolute Gasteiger partial charge is 0.313 e. The fraction of sp³-hybridized carbons (Fsp3) is 0.700. The molecule has 1 aromatic rings. The van der Waals surface area contributed by atoms with Crippen molar-refractivity contribution in [2.45, 2.75) is 25.8 Å². The van der Waals surface area contributed by atoms with Gasteiger partial charge in [0.1, 0.15) is 0 Å². The minimum absolute atomic E-state index is 0.498. The number of aromatic nitrogens is 2. The van der Waals surface area contributed by atoms with E-state index in [-0.39, 0.29) is 0 Å². The maximum atomic E-state index is 4.31. The summed E-state index contributed by atoms with van der Waals surface area (Å²) < 4.78 is 2.01. The molecule has 0 saturated carbocycles. The smallest absolute Gasteiger partial charge is 0.0540 e. The van der Waals surface area contributed by atoms with E-state index in [9.17, 15) is 0 Å². The van der Waals surface area contributed by atoms with Crippen LogP contribution in [0.3, 0.4) is 0 Å². The third kappa shape index (κ3) is 1.27. The van der Waals surface area contributed by atoms with Crippen molar-refractivity contribution in [2.24, 2.45) is 13.0 Å². The molecule has 1 N–H and O–H groups in total. The Balaban J connectivity index is 2.40. The van der Waals surface area contributed by atoms with Crippen LogP contribution in [0.5, 0.6) is 0 Å². The van der Waals surface area contributed by atoms with E-state index in [4.69, 9.17) is 0 Å². The van der Waals surface area contributed by atoms with E-state index >= 15 is 0 Å². The maximum absolute atomic E-state index is 4.31. The molecule has 0 spiro atoms. The minimum Gasteiger partial charge on any atom is -0.313 e. The first kappa shape index (κ1) is 8.75. The van der Waals surface area contributed by atoms with E-state index in [1.54, 1.807) is 0 Å². The van der Waals surface area contributed by atoms with Crippen LogP contribution in [-0.2, 0) is 13.5 Å². The molecule has 3 heteroatoms. The highest BCUT2D eigenvalue weighted by atomic mass is 15.3. The van der Waals surface area contributed by atoms with E-state index in [1.807, 2.05) is 25.0 Å². The third-order valence-electron chi connectivity index (χ3n) is 3.15. The van der Waals surface area contributed by atoms with Gasteiger partial charge in [0.05, 0.1) is 6.20 Å². The Hall–Kier alpha value is -0.830. The molecule has 2 unspecified atom stereocenters.